The first kappa shape index (κ1) is 23.0. The lowest BCUT2D eigenvalue weighted by molar-refractivity contribution is -0.131. The number of hydrogen-bond acceptors (Lipinski definition) is 3. The topological polar surface area (TPSA) is 102 Å². The second-order valence-corrected chi connectivity index (χ2v) is 7.93. The van der Waals surface area contributed by atoms with Gasteiger partial charge in [0, 0.05) is 33.5 Å². The first-order valence-electron chi connectivity index (χ1n) is 10.4. The standard InChI is InChI=1S/C25H19F3N2O4/c1-2-4-12-7-16(23(31)25(33)34)21-19(8-12)30(11-13-9-14(26)10-17(27)22(13)28)18-6-3-5-15(20(18)21)24(29)32/h3,5-10H,2,4,11H2,1H3,(H2,29,32)(H,33,34). The van der Waals surface area contributed by atoms with Crippen LogP contribution in [-0.4, -0.2) is 27.3 Å². The number of benzene rings is 3. The number of aryl methyl sites for hydroxylation is 1. The molecule has 0 aliphatic heterocycles. The van der Waals surface area contributed by atoms with Gasteiger partial charge in [-0.1, -0.05) is 19.4 Å². The van der Waals surface area contributed by atoms with E-state index in [1.54, 1.807) is 12.1 Å². The van der Waals surface area contributed by atoms with Gasteiger partial charge in [-0.25, -0.2) is 18.0 Å². The molecule has 0 aliphatic rings. The molecule has 0 radical (unpaired) electrons. The predicted octanol–water partition coefficient (Wildman–Crippen LogP) is 4.58. The van der Waals surface area contributed by atoms with Crippen LogP contribution in [0.4, 0.5) is 13.2 Å². The Morgan fingerprint density at radius 3 is 2.32 bits per heavy atom. The summed E-state index contributed by atoms with van der Waals surface area (Å²) in [6.45, 7) is 1.55. The Morgan fingerprint density at radius 2 is 1.68 bits per heavy atom. The molecule has 3 aromatic carbocycles. The van der Waals surface area contributed by atoms with Gasteiger partial charge in [0.1, 0.15) is 5.82 Å². The third-order valence-corrected chi connectivity index (χ3v) is 5.69. The zero-order valence-electron chi connectivity index (χ0n) is 18.0. The largest absolute Gasteiger partial charge is 0.475 e. The number of aliphatic carboxylic acids is 1. The molecule has 0 unspecified atom stereocenters. The highest BCUT2D eigenvalue weighted by Gasteiger charge is 2.26. The SMILES string of the molecule is CCCc1cc(C(=O)C(=O)O)c2c3c(C(N)=O)cccc3n(Cc3cc(F)cc(F)c3F)c2c1. The van der Waals surface area contributed by atoms with E-state index in [1.807, 2.05) is 6.92 Å². The number of amides is 1. The molecule has 0 fully saturated rings. The van der Waals surface area contributed by atoms with Gasteiger partial charge in [-0.15, -0.1) is 0 Å². The summed E-state index contributed by atoms with van der Waals surface area (Å²) in [5.41, 5.74) is 6.39. The van der Waals surface area contributed by atoms with E-state index in [0.29, 0.717) is 35.5 Å². The number of rotatable bonds is 7. The average Bonchev–Trinajstić information content (AvgIpc) is 3.09. The Morgan fingerprint density at radius 1 is 0.971 bits per heavy atom. The molecule has 4 rings (SSSR count). The van der Waals surface area contributed by atoms with E-state index in [2.05, 4.69) is 0 Å². The number of carbonyl (C=O) groups is 3. The molecule has 1 heterocycles. The summed E-state index contributed by atoms with van der Waals surface area (Å²) in [6.07, 6.45) is 1.19. The molecule has 1 aromatic heterocycles. The number of ketones is 1. The van der Waals surface area contributed by atoms with Crippen LogP contribution in [-0.2, 0) is 17.8 Å². The maximum atomic E-state index is 14.5. The number of primary amides is 1. The molecular weight excluding hydrogens is 449 g/mol. The molecule has 1 amide bonds. The Kier molecular flexibility index (Phi) is 5.87. The number of nitrogens with two attached hydrogens (primary N) is 1. The minimum absolute atomic E-state index is 0.0230. The van der Waals surface area contributed by atoms with E-state index < -0.39 is 35.1 Å². The summed E-state index contributed by atoms with van der Waals surface area (Å²) in [4.78, 5) is 36.5. The van der Waals surface area contributed by atoms with Crippen LogP contribution in [0.1, 0.15) is 45.2 Å². The van der Waals surface area contributed by atoms with Crippen molar-refractivity contribution in [1.82, 2.24) is 4.57 Å². The predicted molar refractivity (Wildman–Crippen MR) is 119 cm³/mol. The van der Waals surface area contributed by atoms with E-state index in [-0.39, 0.29) is 34.0 Å². The van der Waals surface area contributed by atoms with Gasteiger partial charge in [-0.2, -0.15) is 0 Å². The van der Waals surface area contributed by atoms with E-state index in [0.717, 1.165) is 6.07 Å². The molecule has 0 atom stereocenters. The van der Waals surface area contributed by atoms with Crippen molar-refractivity contribution >= 4 is 39.5 Å². The molecule has 4 aromatic rings. The fourth-order valence-electron chi connectivity index (χ4n) is 4.32. The molecule has 0 saturated heterocycles. The van der Waals surface area contributed by atoms with Crippen LogP contribution >= 0.6 is 0 Å². The van der Waals surface area contributed by atoms with Crippen molar-refractivity contribution in [1.29, 1.82) is 0 Å². The number of carbonyl (C=O) groups excluding carboxylic acids is 2. The monoisotopic (exact) mass is 468 g/mol. The van der Waals surface area contributed by atoms with Crippen molar-refractivity contribution in [3.63, 3.8) is 0 Å². The Bertz CT molecular complexity index is 1510. The molecule has 174 valence electrons. The Labute approximate surface area is 191 Å². The lowest BCUT2D eigenvalue weighted by Crippen LogP contribution is -2.14. The number of nitrogens with zero attached hydrogens (tertiary/aromatic N) is 1. The van der Waals surface area contributed by atoms with Crippen LogP contribution < -0.4 is 5.73 Å². The van der Waals surface area contributed by atoms with E-state index in [9.17, 15) is 32.7 Å². The second-order valence-electron chi connectivity index (χ2n) is 7.93. The highest BCUT2D eigenvalue weighted by Crippen LogP contribution is 2.36. The first-order valence-corrected chi connectivity index (χ1v) is 10.4. The quantitative estimate of drug-likeness (QED) is 0.235. The Hall–Kier alpha value is -4.14. The first-order chi connectivity index (χ1) is 16.1. The van der Waals surface area contributed by atoms with Crippen molar-refractivity contribution < 1.29 is 32.7 Å². The van der Waals surface area contributed by atoms with Gasteiger partial charge in [0.25, 0.3) is 5.78 Å². The number of Topliss-reactive ketones (excluding diaryl/α,β-unsaturated/α-hetero) is 1. The number of hydrogen-bond donors (Lipinski definition) is 2. The normalized spacial score (nSPS) is 11.3. The van der Waals surface area contributed by atoms with Gasteiger partial charge < -0.3 is 15.4 Å². The molecule has 0 bridgehead atoms. The maximum Gasteiger partial charge on any atom is 0.377 e. The highest BCUT2D eigenvalue weighted by molar-refractivity contribution is 6.43. The number of fused-ring (bicyclic) bond motifs is 3. The number of carboxylic acids is 1. The molecule has 0 aliphatic carbocycles. The Balaban J connectivity index is 2.17. The minimum Gasteiger partial charge on any atom is -0.475 e. The van der Waals surface area contributed by atoms with Gasteiger partial charge >= 0.3 is 5.97 Å². The summed E-state index contributed by atoms with van der Waals surface area (Å²) in [5.74, 6) is -7.27. The van der Waals surface area contributed by atoms with Gasteiger partial charge in [0.15, 0.2) is 11.6 Å². The summed E-state index contributed by atoms with van der Waals surface area (Å²) >= 11 is 0. The lowest BCUT2D eigenvalue weighted by Gasteiger charge is -2.11. The van der Waals surface area contributed by atoms with Crippen LogP contribution in [0, 0.1) is 17.5 Å². The second kappa shape index (κ2) is 8.66. The zero-order valence-corrected chi connectivity index (χ0v) is 18.0. The number of aromatic nitrogens is 1. The van der Waals surface area contributed by atoms with E-state index in [4.69, 9.17) is 5.73 Å². The van der Waals surface area contributed by atoms with Gasteiger partial charge in [-0.3, -0.25) is 9.59 Å². The van der Waals surface area contributed by atoms with E-state index >= 15 is 0 Å². The van der Waals surface area contributed by atoms with Gasteiger partial charge in [0.2, 0.25) is 5.91 Å². The summed E-state index contributed by atoms with van der Waals surface area (Å²) in [7, 11) is 0. The zero-order chi connectivity index (χ0) is 24.7. The van der Waals surface area contributed by atoms with Crippen molar-refractivity contribution in [2.24, 2.45) is 5.73 Å². The average molecular weight is 468 g/mol. The van der Waals surface area contributed by atoms with Crippen molar-refractivity contribution in [2.75, 3.05) is 0 Å². The van der Waals surface area contributed by atoms with Crippen molar-refractivity contribution in [3.8, 4) is 0 Å². The summed E-state index contributed by atoms with van der Waals surface area (Å²) < 4.78 is 43.8. The molecule has 6 nitrogen and oxygen atoms in total. The third kappa shape index (κ3) is 3.79. The highest BCUT2D eigenvalue weighted by atomic mass is 19.2. The summed E-state index contributed by atoms with van der Waals surface area (Å²) in [6, 6.07) is 8.94. The molecular formula is C25H19F3N2O4. The van der Waals surface area contributed by atoms with Crippen molar-refractivity contribution in [3.05, 3.63) is 82.2 Å². The number of carboxylic acid groups (broad SMARTS) is 1. The minimum atomic E-state index is -1.69. The summed E-state index contributed by atoms with van der Waals surface area (Å²) in [5, 5.41) is 9.78. The fourth-order valence-corrected chi connectivity index (χ4v) is 4.32. The molecule has 0 spiro atoms. The molecule has 34 heavy (non-hydrogen) atoms. The van der Waals surface area contributed by atoms with Crippen LogP contribution in [0.2, 0.25) is 0 Å². The van der Waals surface area contributed by atoms with Gasteiger partial charge in [0.05, 0.1) is 17.6 Å². The third-order valence-electron chi connectivity index (χ3n) is 5.69. The molecule has 0 saturated carbocycles. The van der Waals surface area contributed by atoms with Gasteiger partial charge in [-0.05, 0) is 42.3 Å². The van der Waals surface area contributed by atoms with Crippen LogP contribution in [0.15, 0.2) is 42.5 Å². The fraction of sp³-hybridized carbons (Fsp3) is 0.160. The van der Waals surface area contributed by atoms with Crippen LogP contribution in [0.5, 0.6) is 0 Å². The van der Waals surface area contributed by atoms with E-state index in [1.165, 1.54) is 22.8 Å². The maximum absolute atomic E-state index is 14.5. The van der Waals surface area contributed by atoms with Crippen LogP contribution in [0.25, 0.3) is 21.8 Å². The number of halogens is 3. The lowest BCUT2D eigenvalue weighted by atomic mass is 9.96. The van der Waals surface area contributed by atoms with Crippen LogP contribution in [0.3, 0.4) is 0 Å². The smallest absolute Gasteiger partial charge is 0.377 e. The molecule has 3 N–H and O–H groups in total. The molecule has 9 heteroatoms. The van der Waals surface area contributed by atoms with Crippen molar-refractivity contribution in [2.45, 2.75) is 26.3 Å².